The number of hydrogen-bond acceptors (Lipinski definition) is 13. The number of rotatable bonds is 19. The number of carbonyl (C=O) groups is 2. The zero-order valence-electron chi connectivity index (χ0n) is 27.6. The second kappa shape index (κ2) is 22.7. The van der Waals surface area contributed by atoms with Gasteiger partial charge in [0.25, 0.3) is 0 Å². The van der Waals surface area contributed by atoms with E-state index in [2.05, 4.69) is 41.5 Å². The molecule has 2 aromatic carbocycles. The van der Waals surface area contributed by atoms with E-state index in [-0.39, 0.29) is 64.9 Å². The van der Waals surface area contributed by atoms with Gasteiger partial charge in [0.15, 0.2) is 0 Å². The molecule has 0 spiro atoms. The van der Waals surface area contributed by atoms with Crippen LogP contribution < -0.4 is 9.47 Å². The average Bonchev–Trinajstić information content (AvgIpc) is 3.00. The molecule has 2 rings (SSSR count). The summed E-state index contributed by atoms with van der Waals surface area (Å²) in [5.41, 5.74) is 0.179. The number of ether oxygens (including phenoxy) is 5. The molecule has 0 heterocycles. The molecule has 0 bridgehead atoms. The van der Waals surface area contributed by atoms with Gasteiger partial charge in [0.1, 0.15) is 35.6 Å². The molecule has 0 amide bonds. The summed E-state index contributed by atoms with van der Waals surface area (Å²) in [7, 11) is 6.48. The Hall–Kier alpha value is -1.78. The van der Waals surface area contributed by atoms with Crippen LogP contribution in [0.3, 0.4) is 0 Å². The Morgan fingerprint density at radius 2 is 1.17 bits per heavy atom. The largest absolute Gasteiger partial charge is 0.490 e. The first kappa shape index (κ1) is 42.2. The van der Waals surface area contributed by atoms with Crippen LogP contribution in [0, 0.1) is 0 Å². The van der Waals surface area contributed by atoms with Gasteiger partial charge in [-0.15, -0.1) is 0 Å². The monoisotopic (exact) mass is 720 g/mol. The van der Waals surface area contributed by atoms with Crippen molar-refractivity contribution in [3.8, 4) is 11.5 Å². The second-order valence-corrected chi connectivity index (χ2v) is 17.7. The number of esters is 1. The smallest absolute Gasteiger partial charge is 0.338 e. The summed E-state index contributed by atoms with van der Waals surface area (Å²) in [6, 6.07) is 13.2. The van der Waals surface area contributed by atoms with Crippen LogP contribution >= 0.6 is 43.2 Å². The van der Waals surface area contributed by atoms with Crippen molar-refractivity contribution in [3.05, 3.63) is 59.7 Å². The third-order valence-corrected chi connectivity index (χ3v) is 11.8. The quantitative estimate of drug-likeness (QED) is 0.0776. The fourth-order valence-electron chi connectivity index (χ4n) is 2.95. The number of benzene rings is 2. The van der Waals surface area contributed by atoms with Gasteiger partial charge in [0.05, 0.1) is 44.2 Å². The molecular weight excluding hydrogens is 673 g/mol. The molecule has 0 saturated carbocycles. The van der Waals surface area contributed by atoms with E-state index >= 15 is 0 Å². The van der Waals surface area contributed by atoms with Crippen molar-refractivity contribution in [2.45, 2.75) is 68.8 Å². The molecule has 0 aromatic heterocycles. The molecule has 14 heteroatoms. The van der Waals surface area contributed by atoms with Gasteiger partial charge in [0.2, 0.25) is 0 Å². The van der Waals surface area contributed by atoms with Crippen molar-refractivity contribution in [3.63, 3.8) is 0 Å². The number of carbonyl (C=O) groups excluding carboxylic acids is 1. The molecule has 0 saturated heterocycles. The molecule has 2 aromatic rings. The Kier molecular flexibility index (Phi) is 20.9. The summed E-state index contributed by atoms with van der Waals surface area (Å²) in [5, 5.41) is 26.8. The van der Waals surface area contributed by atoms with Crippen LogP contribution in [0.4, 0.5) is 0 Å². The summed E-state index contributed by atoms with van der Waals surface area (Å²) < 4.78 is 27.7. The number of aliphatic hydroxyl groups is 2. The maximum absolute atomic E-state index is 11.8. The molecular formula is C32H48O10S4. The normalized spacial score (nSPS) is 12.8. The predicted octanol–water partition coefficient (Wildman–Crippen LogP) is 7.04. The summed E-state index contributed by atoms with van der Waals surface area (Å²) in [6.07, 6.45) is 0. The van der Waals surface area contributed by atoms with Gasteiger partial charge in [-0.05, 0) is 43.3 Å². The number of carboxylic acids is 1. The van der Waals surface area contributed by atoms with Gasteiger partial charge < -0.3 is 39.0 Å². The third kappa shape index (κ3) is 20.5. The van der Waals surface area contributed by atoms with E-state index in [9.17, 15) is 9.59 Å². The van der Waals surface area contributed by atoms with Crippen LogP contribution in [0.2, 0.25) is 0 Å². The first-order chi connectivity index (χ1) is 21.7. The number of aromatic carboxylic acids is 1. The lowest BCUT2D eigenvalue weighted by Gasteiger charge is -2.22. The van der Waals surface area contributed by atoms with Crippen LogP contribution in [0.25, 0.3) is 0 Å². The topological polar surface area (TPSA) is 141 Å². The van der Waals surface area contributed by atoms with E-state index in [1.54, 1.807) is 86.5 Å². The van der Waals surface area contributed by atoms with E-state index in [4.69, 9.17) is 39.0 Å². The number of hydrogen-bond donors (Lipinski definition) is 3. The van der Waals surface area contributed by atoms with Crippen molar-refractivity contribution in [1.82, 2.24) is 0 Å². The molecule has 0 aliphatic heterocycles. The van der Waals surface area contributed by atoms with E-state index in [0.29, 0.717) is 30.3 Å². The van der Waals surface area contributed by atoms with E-state index in [0.717, 1.165) is 0 Å². The van der Waals surface area contributed by atoms with Crippen molar-refractivity contribution in [2.24, 2.45) is 0 Å². The van der Waals surface area contributed by atoms with Crippen molar-refractivity contribution >= 4 is 55.1 Å². The Labute approximate surface area is 288 Å². The molecule has 0 aliphatic rings. The standard InChI is InChI=1S/C17H26O5S2.C15H22O5S2/c1-5-20-16(19)13-7-6-8-14(11-13)22-12-15(21-10-9-18)23-24-17(2,3)4;1-15(2,3)22-21-13(19-8-7-16)10-20-12-6-4-5-11(9-12)14(17)18/h6-8,11,15,18H,5,9-10,12H2,1-4H3;4-6,9,13,16H,7-8,10H2,1-3H3,(H,17,18). The molecule has 3 N–H and O–H groups in total. The van der Waals surface area contributed by atoms with Crippen molar-refractivity contribution < 1.29 is 48.6 Å². The predicted molar refractivity (Wildman–Crippen MR) is 190 cm³/mol. The van der Waals surface area contributed by atoms with Crippen LogP contribution in [-0.2, 0) is 14.2 Å². The van der Waals surface area contributed by atoms with Gasteiger partial charge in [-0.25, -0.2) is 9.59 Å². The Balaban J connectivity index is 0.000000462. The minimum Gasteiger partial charge on any atom is -0.490 e. The van der Waals surface area contributed by atoms with Gasteiger partial charge in [-0.1, -0.05) is 96.9 Å². The Bertz CT molecular complexity index is 1150. The lowest BCUT2D eigenvalue weighted by Crippen LogP contribution is -2.20. The van der Waals surface area contributed by atoms with E-state index in [1.165, 1.54) is 12.1 Å². The molecule has 2 atom stereocenters. The molecule has 10 nitrogen and oxygen atoms in total. The Morgan fingerprint density at radius 3 is 1.57 bits per heavy atom. The fraction of sp³-hybridized carbons (Fsp3) is 0.562. The first-order valence-electron chi connectivity index (χ1n) is 14.7. The molecule has 260 valence electrons. The molecule has 0 radical (unpaired) electrons. The maximum atomic E-state index is 11.8. The highest BCUT2D eigenvalue weighted by Gasteiger charge is 2.20. The highest BCUT2D eigenvalue weighted by molar-refractivity contribution is 8.77. The zero-order chi connectivity index (χ0) is 34.6. The van der Waals surface area contributed by atoms with Gasteiger partial charge in [-0.2, -0.15) is 0 Å². The lowest BCUT2D eigenvalue weighted by molar-refractivity contribution is 0.0506. The average molecular weight is 721 g/mol. The van der Waals surface area contributed by atoms with Crippen LogP contribution in [-0.4, -0.2) is 93.9 Å². The molecule has 0 aliphatic carbocycles. The minimum atomic E-state index is -0.990. The van der Waals surface area contributed by atoms with E-state index < -0.39 is 5.97 Å². The number of carboxylic acid groups (broad SMARTS) is 1. The molecule has 0 fully saturated rings. The summed E-state index contributed by atoms with van der Waals surface area (Å²) in [4.78, 5) is 22.7. The molecule has 2 unspecified atom stereocenters. The summed E-state index contributed by atoms with van der Waals surface area (Å²) in [6.45, 7) is 15.8. The highest BCUT2D eigenvalue weighted by atomic mass is 33.1. The van der Waals surface area contributed by atoms with Crippen molar-refractivity contribution in [2.75, 3.05) is 46.2 Å². The van der Waals surface area contributed by atoms with Crippen LogP contribution in [0.15, 0.2) is 48.5 Å². The second-order valence-electron chi connectivity index (χ2n) is 11.3. The van der Waals surface area contributed by atoms with Gasteiger partial charge in [0, 0.05) is 9.49 Å². The van der Waals surface area contributed by atoms with Gasteiger partial charge >= 0.3 is 11.9 Å². The lowest BCUT2D eigenvalue weighted by atomic mass is 10.2. The first-order valence-corrected chi connectivity index (χ1v) is 19.1. The fourth-order valence-corrected chi connectivity index (χ4v) is 7.33. The maximum Gasteiger partial charge on any atom is 0.338 e. The van der Waals surface area contributed by atoms with Crippen LogP contribution in [0.1, 0.15) is 69.2 Å². The summed E-state index contributed by atoms with van der Waals surface area (Å²) in [5.74, 6) is -0.289. The van der Waals surface area contributed by atoms with E-state index in [1.807, 2.05) is 0 Å². The minimum absolute atomic E-state index is 0.0322. The number of aliphatic hydroxyl groups excluding tert-OH is 2. The van der Waals surface area contributed by atoms with Crippen LogP contribution in [0.5, 0.6) is 11.5 Å². The Morgan fingerprint density at radius 1 is 0.739 bits per heavy atom. The highest BCUT2D eigenvalue weighted by Crippen LogP contribution is 2.39. The SMILES string of the molecule is CC(C)(C)SSC(COc1cccc(C(=O)O)c1)OCCO.CCOC(=O)c1cccc(OCC(OCCO)SSC(C)(C)C)c1. The van der Waals surface area contributed by atoms with Gasteiger partial charge in [-0.3, -0.25) is 0 Å². The third-order valence-electron chi connectivity index (χ3n) is 4.80. The molecule has 46 heavy (non-hydrogen) atoms. The summed E-state index contributed by atoms with van der Waals surface area (Å²) >= 11 is 0. The zero-order valence-corrected chi connectivity index (χ0v) is 30.8. The van der Waals surface area contributed by atoms with Crippen molar-refractivity contribution in [1.29, 1.82) is 0 Å².